The van der Waals surface area contributed by atoms with Crippen LogP contribution in [-0.2, 0) is 24.0 Å². The smallest absolute Gasteiger partial charge is 0.335 e. The van der Waals surface area contributed by atoms with E-state index in [2.05, 4.69) is 0 Å². The largest absolute Gasteiger partial charge is 0.479 e. The van der Waals surface area contributed by atoms with Gasteiger partial charge in [0.2, 0.25) is 0 Å². The van der Waals surface area contributed by atoms with Gasteiger partial charge in [-0.1, -0.05) is 0 Å². The van der Waals surface area contributed by atoms with Crippen molar-refractivity contribution in [3.05, 3.63) is 0 Å². The quantitative estimate of drug-likeness (QED) is 0.486. The summed E-state index contributed by atoms with van der Waals surface area (Å²) in [4.78, 5) is 47.9. The second-order valence-electron chi connectivity index (χ2n) is 3.26. The lowest BCUT2D eigenvalue weighted by Gasteiger charge is -2.18. The number of aldehydes is 1. The van der Waals surface area contributed by atoms with E-state index in [0.717, 1.165) is 0 Å². The number of hydroxylamine groups is 2. The summed E-state index contributed by atoms with van der Waals surface area (Å²) >= 11 is 0. The van der Waals surface area contributed by atoms with Gasteiger partial charge >= 0.3 is 5.97 Å². The molecule has 0 aromatic heterocycles. The van der Waals surface area contributed by atoms with Crippen LogP contribution in [0.1, 0.15) is 25.7 Å². The molecular weight excluding hydrogens is 218 g/mol. The minimum Gasteiger partial charge on any atom is -0.479 e. The van der Waals surface area contributed by atoms with Gasteiger partial charge in [0.15, 0.2) is 6.10 Å². The molecule has 0 aromatic rings. The van der Waals surface area contributed by atoms with Gasteiger partial charge in [0, 0.05) is 19.3 Å². The second-order valence-corrected chi connectivity index (χ2v) is 3.26. The zero-order valence-corrected chi connectivity index (χ0v) is 8.42. The monoisotopic (exact) mass is 229 g/mol. The number of carbonyl (C=O) groups excluding carboxylic acids is 3. The Morgan fingerprint density at radius 2 is 2.00 bits per heavy atom. The molecule has 2 amide bonds. The van der Waals surface area contributed by atoms with Crippen LogP contribution in [-0.4, -0.2) is 40.3 Å². The summed E-state index contributed by atoms with van der Waals surface area (Å²) in [6, 6.07) is 0. The van der Waals surface area contributed by atoms with Crippen LogP contribution in [0.5, 0.6) is 0 Å². The van der Waals surface area contributed by atoms with Gasteiger partial charge in [-0.15, -0.1) is 0 Å². The second kappa shape index (κ2) is 5.36. The van der Waals surface area contributed by atoms with Crippen molar-refractivity contribution in [3.63, 3.8) is 0 Å². The number of carboxylic acid groups (broad SMARTS) is 1. The predicted octanol–water partition coefficient (Wildman–Crippen LogP) is -0.501. The zero-order chi connectivity index (χ0) is 12.1. The third-order valence-electron chi connectivity index (χ3n) is 2.06. The molecule has 88 valence electrons. The van der Waals surface area contributed by atoms with Gasteiger partial charge in [-0.05, 0) is 6.42 Å². The predicted molar refractivity (Wildman–Crippen MR) is 48.9 cm³/mol. The van der Waals surface area contributed by atoms with E-state index in [4.69, 9.17) is 9.94 Å². The maximum atomic E-state index is 11.1. The highest BCUT2D eigenvalue weighted by molar-refractivity contribution is 6.00. The molecule has 0 aromatic carbocycles. The summed E-state index contributed by atoms with van der Waals surface area (Å²) in [6.45, 7) is 0. The topological polar surface area (TPSA) is 101 Å². The maximum absolute atomic E-state index is 11.1. The number of carbonyl (C=O) groups is 4. The fraction of sp³-hybridized carbons (Fsp3) is 0.556. The summed E-state index contributed by atoms with van der Waals surface area (Å²) in [5.74, 6) is -2.42. The zero-order valence-electron chi connectivity index (χ0n) is 8.42. The Labute approximate surface area is 90.9 Å². The molecule has 1 saturated heterocycles. The van der Waals surface area contributed by atoms with E-state index >= 15 is 0 Å². The third kappa shape index (κ3) is 2.86. The van der Waals surface area contributed by atoms with Crippen LogP contribution in [0.25, 0.3) is 0 Å². The Bertz CT molecular complexity index is 310. The van der Waals surface area contributed by atoms with Crippen LogP contribution in [0.4, 0.5) is 0 Å². The average Bonchev–Trinajstić information content (AvgIpc) is 2.54. The van der Waals surface area contributed by atoms with Gasteiger partial charge in [-0.25, -0.2) is 9.63 Å². The highest BCUT2D eigenvalue weighted by atomic mass is 16.7. The van der Waals surface area contributed by atoms with Crippen molar-refractivity contribution in [2.24, 2.45) is 0 Å². The summed E-state index contributed by atoms with van der Waals surface area (Å²) in [5.41, 5.74) is 0. The molecule has 1 atom stereocenters. The minimum absolute atomic E-state index is 0.00676. The number of hydrogen-bond donors (Lipinski definition) is 1. The number of rotatable bonds is 6. The van der Waals surface area contributed by atoms with Crippen LogP contribution in [0.15, 0.2) is 0 Å². The first-order valence-corrected chi connectivity index (χ1v) is 4.75. The number of amides is 2. The molecule has 1 rings (SSSR count). The van der Waals surface area contributed by atoms with Gasteiger partial charge < -0.3 is 9.90 Å². The number of carboxylic acids is 1. The van der Waals surface area contributed by atoms with Gasteiger partial charge in [-0.2, -0.15) is 5.06 Å². The van der Waals surface area contributed by atoms with Crippen LogP contribution in [0.2, 0.25) is 0 Å². The summed E-state index contributed by atoms with van der Waals surface area (Å²) in [5, 5.41) is 9.22. The van der Waals surface area contributed by atoms with Gasteiger partial charge in [-0.3, -0.25) is 9.59 Å². The molecule has 0 saturated carbocycles. The molecule has 7 nitrogen and oxygen atoms in total. The number of nitrogens with zero attached hydrogens (tertiary/aromatic N) is 1. The van der Waals surface area contributed by atoms with Crippen molar-refractivity contribution in [3.8, 4) is 0 Å². The summed E-state index contributed by atoms with van der Waals surface area (Å²) in [6.07, 6.45) is -0.829. The molecular formula is C9H11NO6. The highest BCUT2D eigenvalue weighted by Crippen LogP contribution is 2.15. The van der Waals surface area contributed by atoms with Crippen molar-refractivity contribution >= 4 is 24.1 Å². The molecule has 0 aliphatic carbocycles. The highest BCUT2D eigenvalue weighted by Gasteiger charge is 2.34. The third-order valence-corrected chi connectivity index (χ3v) is 2.06. The molecule has 7 heteroatoms. The first-order chi connectivity index (χ1) is 7.56. The SMILES string of the molecule is O=CCCC(ON1C(=O)CCC1=O)C(=O)O. The molecule has 0 spiro atoms. The number of hydrogen-bond acceptors (Lipinski definition) is 5. The van der Waals surface area contributed by atoms with E-state index < -0.39 is 23.9 Å². The van der Waals surface area contributed by atoms with Crippen LogP contribution in [0, 0.1) is 0 Å². The molecule has 0 radical (unpaired) electrons. The Morgan fingerprint density at radius 3 is 2.44 bits per heavy atom. The minimum atomic E-state index is -1.35. The Kier molecular flexibility index (Phi) is 4.12. The Hall–Kier alpha value is -1.76. The van der Waals surface area contributed by atoms with Crippen molar-refractivity contribution in [1.82, 2.24) is 5.06 Å². The molecule has 1 aliphatic rings. The molecule has 1 N–H and O–H groups in total. The van der Waals surface area contributed by atoms with Crippen molar-refractivity contribution < 1.29 is 29.1 Å². The number of imide groups is 1. The molecule has 1 fully saturated rings. The molecule has 1 heterocycles. The van der Waals surface area contributed by atoms with Crippen LogP contribution >= 0.6 is 0 Å². The van der Waals surface area contributed by atoms with Crippen molar-refractivity contribution in [1.29, 1.82) is 0 Å². The number of aliphatic carboxylic acids is 1. The summed E-state index contributed by atoms with van der Waals surface area (Å²) < 4.78 is 0. The molecule has 1 unspecified atom stereocenters. The fourth-order valence-corrected chi connectivity index (χ4v) is 1.24. The Balaban J connectivity index is 2.60. The lowest BCUT2D eigenvalue weighted by molar-refractivity contribution is -0.208. The van der Waals surface area contributed by atoms with Crippen molar-refractivity contribution in [2.75, 3.05) is 0 Å². The molecule has 16 heavy (non-hydrogen) atoms. The molecule has 0 bridgehead atoms. The van der Waals surface area contributed by atoms with Crippen LogP contribution in [0.3, 0.4) is 0 Å². The fourth-order valence-electron chi connectivity index (χ4n) is 1.24. The van der Waals surface area contributed by atoms with Crippen LogP contribution < -0.4 is 0 Å². The first kappa shape index (κ1) is 12.3. The van der Waals surface area contributed by atoms with Gasteiger partial charge in [0.1, 0.15) is 6.29 Å². The molecule has 1 aliphatic heterocycles. The first-order valence-electron chi connectivity index (χ1n) is 4.75. The van der Waals surface area contributed by atoms with E-state index in [1.165, 1.54) is 0 Å². The van der Waals surface area contributed by atoms with E-state index in [0.29, 0.717) is 11.3 Å². The van der Waals surface area contributed by atoms with Gasteiger partial charge in [0.05, 0.1) is 0 Å². The van der Waals surface area contributed by atoms with E-state index in [-0.39, 0.29) is 25.7 Å². The Morgan fingerprint density at radius 1 is 1.44 bits per heavy atom. The van der Waals surface area contributed by atoms with E-state index in [1.807, 2.05) is 0 Å². The lowest BCUT2D eigenvalue weighted by Crippen LogP contribution is -2.37. The van der Waals surface area contributed by atoms with Crippen molar-refractivity contribution in [2.45, 2.75) is 31.8 Å². The summed E-state index contributed by atoms with van der Waals surface area (Å²) in [7, 11) is 0. The standard InChI is InChI=1S/C9H11NO6/c11-5-1-2-6(9(14)15)16-10-7(12)3-4-8(10)13/h5-6H,1-4H2,(H,14,15). The normalized spacial score (nSPS) is 17.6. The average molecular weight is 229 g/mol. The van der Waals surface area contributed by atoms with E-state index in [1.54, 1.807) is 0 Å². The van der Waals surface area contributed by atoms with E-state index in [9.17, 15) is 19.2 Å². The van der Waals surface area contributed by atoms with Gasteiger partial charge in [0.25, 0.3) is 11.8 Å². The maximum Gasteiger partial charge on any atom is 0.335 e. The lowest BCUT2D eigenvalue weighted by atomic mass is 10.2.